The van der Waals surface area contributed by atoms with Crippen LogP contribution in [-0.2, 0) is 19.4 Å². The molecule has 0 unspecified atom stereocenters. The molecule has 0 atom stereocenters. The fraction of sp³-hybridized carbons (Fsp3) is 0.103. The van der Waals surface area contributed by atoms with Gasteiger partial charge in [-0.05, 0) is 68.8 Å². The lowest BCUT2D eigenvalue weighted by atomic mass is 10.1. The molecule has 2 aromatic carbocycles. The fourth-order valence-corrected chi connectivity index (χ4v) is 5.98. The molecule has 3 aliphatic rings. The first kappa shape index (κ1) is 25.0. The van der Waals surface area contributed by atoms with Gasteiger partial charge in [0, 0.05) is 16.8 Å². The van der Waals surface area contributed by atoms with Crippen molar-refractivity contribution in [1.29, 1.82) is 0 Å². The number of hydrogen-bond donors (Lipinski definition) is 0. The summed E-state index contributed by atoms with van der Waals surface area (Å²) in [6, 6.07) is 12.0. The van der Waals surface area contributed by atoms with Crippen LogP contribution in [0.1, 0.15) is 41.0 Å². The van der Waals surface area contributed by atoms with Crippen LogP contribution in [0.5, 0.6) is 0 Å². The molecule has 5 rings (SSSR count). The Balaban J connectivity index is 1.39. The first-order valence-corrected chi connectivity index (χ1v) is 13.3. The van der Waals surface area contributed by atoms with E-state index in [2.05, 4.69) is 0 Å². The quantitative estimate of drug-likeness (QED) is 0.435. The molecule has 1 saturated heterocycles. The van der Waals surface area contributed by atoms with Gasteiger partial charge in [0.1, 0.15) is 0 Å². The molecule has 38 heavy (non-hydrogen) atoms. The Morgan fingerprint density at radius 1 is 0.684 bits per heavy atom. The predicted molar refractivity (Wildman–Crippen MR) is 140 cm³/mol. The second-order valence-electron chi connectivity index (χ2n) is 8.64. The molecule has 2 heterocycles. The molecular weight excluding hydrogens is 504 g/mol. The summed E-state index contributed by atoms with van der Waals surface area (Å²) in [7, 11) is -3.97. The SMILES string of the molecule is C/C=C1/C(=O)N(c2ccc(S(=O)(=O)C3=CCC=C(N4C(=O)c5ccccc5C4=O)C=C3)cc2)C(=O)/C1=C/C. The summed E-state index contributed by atoms with van der Waals surface area (Å²) in [6.45, 7) is 3.34. The summed E-state index contributed by atoms with van der Waals surface area (Å²) in [5, 5.41) is 0. The van der Waals surface area contributed by atoms with Gasteiger partial charge in [0.05, 0.1) is 26.6 Å². The Bertz CT molecular complexity index is 1620. The van der Waals surface area contributed by atoms with Crippen LogP contribution in [0.25, 0.3) is 0 Å². The zero-order valence-corrected chi connectivity index (χ0v) is 21.4. The van der Waals surface area contributed by atoms with E-state index in [4.69, 9.17) is 0 Å². The van der Waals surface area contributed by atoms with Gasteiger partial charge in [-0.2, -0.15) is 0 Å². The largest absolute Gasteiger partial charge is 0.268 e. The highest BCUT2D eigenvalue weighted by molar-refractivity contribution is 7.95. The monoisotopic (exact) mass is 526 g/mol. The maximum atomic E-state index is 13.4. The van der Waals surface area contributed by atoms with E-state index < -0.39 is 33.5 Å². The molecule has 1 fully saturated rings. The summed E-state index contributed by atoms with van der Waals surface area (Å²) in [5.41, 5.74) is 1.74. The topological polar surface area (TPSA) is 109 Å². The van der Waals surface area contributed by atoms with Crippen molar-refractivity contribution in [2.45, 2.75) is 25.2 Å². The molecule has 0 radical (unpaired) electrons. The molecule has 2 aliphatic heterocycles. The Kier molecular flexibility index (Phi) is 6.16. The van der Waals surface area contributed by atoms with Gasteiger partial charge in [-0.1, -0.05) is 36.4 Å². The van der Waals surface area contributed by atoms with Crippen molar-refractivity contribution in [3.05, 3.63) is 118 Å². The van der Waals surface area contributed by atoms with E-state index in [0.29, 0.717) is 28.0 Å². The molecule has 8 nitrogen and oxygen atoms in total. The van der Waals surface area contributed by atoms with Gasteiger partial charge in [0.15, 0.2) is 0 Å². The van der Waals surface area contributed by atoms with E-state index in [1.807, 2.05) is 0 Å². The average Bonchev–Trinajstić information content (AvgIpc) is 3.16. The standard InChI is InChI=1S/C29H22N2O6S/c1-3-22-23(4-2)27(33)31(26(22)32)19-13-16-21(17-14-19)38(36,37)20-9-7-8-18(12-15-20)30-28(34)24-10-5-6-11-25(24)29(30)35/h3-6,8-17H,7H2,1-2H3/b22-3+,23-4+. The number of carbonyl (C=O) groups excluding carboxylic acids is 4. The van der Waals surface area contributed by atoms with Crippen LogP contribution in [0, 0.1) is 0 Å². The molecule has 190 valence electrons. The lowest BCUT2D eigenvalue weighted by Crippen LogP contribution is -2.29. The summed E-state index contributed by atoms with van der Waals surface area (Å²) in [5.74, 6) is -1.86. The maximum absolute atomic E-state index is 13.4. The summed E-state index contributed by atoms with van der Waals surface area (Å²) < 4.78 is 26.8. The molecule has 0 spiro atoms. The van der Waals surface area contributed by atoms with Gasteiger partial charge in [-0.15, -0.1) is 0 Å². The lowest BCUT2D eigenvalue weighted by molar-refractivity contribution is -0.119. The third kappa shape index (κ3) is 3.79. The van der Waals surface area contributed by atoms with Crippen LogP contribution in [-0.4, -0.2) is 36.9 Å². The van der Waals surface area contributed by atoms with Crippen LogP contribution in [0.4, 0.5) is 5.69 Å². The second kappa shape index (κ2) is 9.35. The molecule has 0 aromatic heterocycles. The minimum atomic E-state index is -3.97. The highest BCUT2D eigenvalue weighted by atomic mass is 32.2. The number of amides is 4. The van der Waals surface area contributed by atoms with Gasteiger partial charge < -0.3 is 0 Å². The van der Waals surface area contributed by atoms with Crippen molar-refractivity contribution < 1.29 is 27.6 Å². The van der Waals surface area contributed by atoms with E-state index in [-0.39, 0.29) is 21.9 Å². The number of imide groups is 2. The smallest absolute Gasteiger partial charge is 0.266 e. The third-order valence-corrected chi connectivity index (χ3v) is 8.38. The minimum Gasteiger partial charge on any atom is -0.268 e. The van der Waals surface area contributed by atoms with Gasteiger partial charge in [-0.25, -0.2) is 18.2 Å². The van der Waals surface area contributed by atoms with Gasteiger partial charge in [0.2, 0.25) is 9.84 Å². The Morgan fingerprint density at radius 2 is 1.24 bits per heavy atom. The number of sulfone groups is 1. The molecule has 0 bridgehead atoms. The number of nitrogens with zero attached hydrogens (tertiary/aromatic N) is 2. The van der Waals surface area contributed by atoms with Crippen LogP contribution in [0.15, 0.2) is 112 Å². The number of rotatable bonds is 4. The van der Waals surface area contributed by atoms with Crippen molar-refractivity contribution in [3.8, 4) is 0 Å². The zero-order valence-electron chi connectivity index (χ0n) is 20.5. The Labute approximate surface area is 219 Å². The normalized spacial score (nSPS) is 19.8. The van der Waals surface area contributed by atoms with Crippen LogP contribution in [0.3, 0.4) is 0 Å². The van der Waals surface area contributed by atoms with Crippen molar-refractivity contribution in [1.82, 2.24) is 4.90 Å². The van der Waals surface area contributed by atoms with Crippen molar-refractivity contribution in [3.63, 3.8) is 0 Å². The van der Waals surface area contributed by atoms with Crippen molar-refractivity contribution in [2.24, 2.45) is 0 Å². The number of anilines is 1. The molecule has 4 amide bonds. The summed E-state index contributed by atoms with van der Waals surface area (Å²) in [6.07, 6.45) is 9.23. The first-order valence-electron chi connectivity index (χ1n) is 11.8. The number of fused-ring (bicyclic) bond motifs is 1. The van der Waals surface area contributed by atoms with Gasteiger partial charge in [-0.3, -0.25) is 19.2 Å². The van der Waals surface area contributed by atoms with Gasteiger partial charge >= 0.3 is 0 Å². The number of allylic oxidation sites excluding steroid dienone is 6. The van der Waals surface area contributed by atoms with Crippen molar-refractivity contribution >= 4 is 39.2 Å². The zero-order chi connectivity index (χ0) is 27.2. The van der Waals surface area contributed by atoms with Crippen LogP contribution < -0.4 is 4.90 Å². The number of hydrogen-bond acceptors (Lipinski definition) is 6. The minimum absolute atomic E-state index is 0.00570. The number of benzene rings is 2. The molecule has 0 N–H and O–H groups in total. The van der Waals surface area contributed by atoms with Crippen LogP contribution >= 0.6 is 0 Å². The molecule has 9 heteroatoms. The van der Waals surface area contributed by atoms with E-state index >= 15 is 0 Å². The van der Waals surface area contributed by atoms with Crippen LogP contribution in [0.2, 0.25) is 0 Å². The van der Waals surface area contributed by atoms with E-state index in [1.54, 1.807) is 56.3 Å². The highest BCUT2D eigenvalue weighted by Gasteiger charge is 2.39. The Morgan fingerprint density at radius 3 is 1.76 bits per heavy atom. The van der Waals surface area contributed by atoms with Gasteiger partial charge in [0.25, 0.3) is 23.6 Å². The molecule has 2 aromatic rings. The molecule has 1 aliphatic carbocycles. The highest BCUT2D eigenvalue weighted by Crippen LogP contribution is 2.33. The number of carbonyl (C=O) groups is 4. The van der Waals surface area contributed by atoms with Crippen molar-refractivity contribution in [2.75, 3.05) is 4.90 Å². The fourth-order valence-electron chi connectivity index (χ4n) is 4.65. The Hall–Kier alpha value is -4.63. The van der Waals surface area contributed by atoms with E-state index in [0.717, 1.165) is 9.80 Å². The average molecular weight is 527 g/mol. The lowest BCUT2D eigenvalue weighted by Gasteiger charge is -2.15. The summed E-state index contributed by atoms with van der Waals surface area (Å²) >= 11 is 0. The first-order chi connectivity index (χ1) is 18.2. The molecular formula is C29H22N2O6S. The van der Waals surface area contributed by atoms with E-state index in [1.165, 1.54) is 42.5 Å². The maximum Gasteiger partial charge on any atom is 0.266 e. The second-order valence-corrected chi connectivity index (χ2v) is 10.6. The third-order valence-electron chi connectivity index (χ3n) is 6.57. The van der Waals surface area contributed by atoms with E-state index in [9.17, 15) is 27.6 Å². The predicted octanol–water partition coefficient (Wildman–Crippen LogP) is 4.25. The molecule has 0 saturated carbocycles. The summed E-state index contributed by atoms with van der Waals surface area (Å²) in [4.78, 5) is 53.2.